The molecule has 1 aliphatic heterocycles. The van der Waals surface area contributed by atoms with Crippen molar-refractivity contribution in [2.75, 3.05) is 25.6 Å². The molecule has 10 heteroatoms. The molecule has 0 aromatic carbocycles. The number of H-pyrrole nitrogens is 1. The third kappa shape index (κ3) is 2.39. The minimum atomic E-state index is -1.24. The number of fused-ring (bicyclic) bond motifs is 1. The molecule has 0 bridgehead atoms. The van der Waals surface area contributed by atoms with Crippen LogP contribution in [-0.4, -0.2) is 68.9 Å². The smallest absolute Gasteiger partial charge is 0.313 e. The van der Waals surface area contributed by atoms with Crippen molar-refractivity contribution < 1.29 is 24.6 Å². The molecule has 3 rings (SSSR count). The first-order valence-corrected chi connectivity index (χ1v) is 7.15. The van der Waals surface area contributed by atoms with Gasteiger partial charge in [-0.1, -0.05) is 4.98 Å². The van der Waals surface area contributed by atoms with Crippen molar-refractivity contribution in [3.05, 3.63) is 16.7 Å². The highest BCUT2D eigenvalue weighted by molar-refractivity contribution is 5.67. The highest BCUT2D eigenvalue weighted by Gasteiger charge is 2.46. The van der Waals surface area contributed by atoms with Crippen LogP contribution in [0.3, 0.4) is 0 Å². The molecule has 0 aliphatic carbocycles. The molecular weight excluding hydrogens is 306 g/mol. The van der Waals surface area contributed by atoms with E-state index in [1.165, 1.54) is 4.57 Å². The summed E-state index contributed by atoms with van der Waals surface area (Å²) in [5, 5.41) is 29.3. The van der Waals surface area contributed by atoms with E-state index in [0.717, 1.165) is 0 Å². The largest absolute Gasteiger partial charge is 0.394 e. The lowest BCUT2D eigenvalue weighted by Gasteiger charge is -2.12. The van der Waals surface area contributed by atoms with Gasteiger partial charge < -0.3 is 25.0 Å². The number of anilines is 1. The predicted octanol–water partition coefficient (Wildman–Crippen LogP) is -2.77. The number of hydrogen-bond donors (Lipinski definition) is 4. The Bertz CT molecular complexity index is 785. The molecule has 2 aromatic heterocycles. The Morgan fingerprint density at radius 3 is 2.70 bits per heavy atom. The number of aliphatic hydroxyl groups is 3. The standard InChI is InChI=1S/C13H19N5O5/c1-16(2)13-14-10-7(11(22)15-13)17(3)5-18(10)12-9(21)8(20)6(4-19)23-12/h5-6,8-9,12,19-21H,4H2,1-3H3/p+1/t6-,8-,9-,12-/m1/s1. The summed E-state index contributed by atoms with van der Waals surface area (Å²) < 4.78 is 8.57. The van der Waals surface area contributed by atoms with E-state index in [4.69, 9.17) is 4.74 Å². The number of nitrogens with zero attached hydrogens (tertiary/aromatic N) is 4. The van der Waals surface area contributed by atoms with Gasteiger partial charge in [0.2, 0.25) is 11.7 Å². The zero-order valence-corrected chi connectivity index (χ0v) is 13.0. The van der Waals surface area contributed by atoms with Gasteiger partial charge in [-0.15, -0.1) is 0 Å². The topological polar surface area (TPSA) is 128 Å². The maximum Gasteiger partial charge on any atom is 0.313 e. The molecule has 2 aromatic rings. The zero-order valence-electron chi connectivity index (χ0n) is 13.0. The number of aliphatic hydroxyl groups excluding tert-OH is 3. The van der Waals surface area contributed by atoms with Gasteiger partial charge in [0.25, 0.3) is 11.5 Å². The van der Waals surface area contributed by atoms with E-state index in [-0.39, 0.29) is 5.56 Å². The first kappa shape index (κ1) is 15.9. The number of nitrogens with one attached hydrogen (secondary N) is 1. The van der Waals surface area contributed by atoms with E-state index in [1.807, 2.05) is 0 Å². The second-order valence-corrected chi connectivity index (χ2v) is 5.82. The molecule has 0 amide bonds. The van der Waals surface area contributed by atoms with Crippen LogP contribution in [0.15, 0.2) is 11.1 Å². The number of hydrogen-bond acceptors (Lipinski definition) is 7. The van der Waals surface area contributed by atoms with Gasteiger partial charge in [-0.05, 0) is 0 Å². The van der Waals surface area contributed by atoms with Crippen molar-refractivity contribution in [2.24, 2.45) is 7.05 Å². The fourth-order valence-corrected chi connectivity index (χ4v) is 2.75. The lowest BCUT2D eigenvalue weighted by molar-refractivity contribution is -0.745. The number of aryl methyl sites for hydroxylation is 1. The van der Waals surface area contributed by atoms with Crippen LogP contribution in [0.1, 0.15) is 6.23 Å². The van der Waals surface area contributed by atoms with E-state index in [0.29, 0.717) is 17.1 Å². The van der Waals surface area contributed by atoms with E-state index < -0.39 is 31.1 Å². The van der Waals surface area contributed by atoms with Crippen molar-refractivity contribution in [3.63, 3.8) is 0 Å². The summed E-state index contributed by atoms with van der Waals surface area (Å²) in [7, 11) is 5.15. The molecule has 1 saturated heterocycles. The van der Waals surface area contributed by atoms with Gasteiger partial charge in [-0.25, -0.2) is 4.57 Å². The second-order valence-electron chi connectivity index (χ2n) is 5.82. The van der Waals surface area contributed by atoms with Crippen LogP contribution in [-0.2, 0) is 11.8 Å². The van der Waals surface area contributed by atoms with E-state index in [2.05, 4.69) is 9.97 Å². The lowest BCUT2D eigenvalue weighted by Crippen LogP contribution is -2.46. The van der Waals surface area contributed by atoms with E-state index >= 15 is 0 Å². The van der Waals surface area contributed by atoms with Gasteiger partial charge >= 0.3 is 5.65 Å². The van der Waals surface area contributed by atoms with Crippen molar-refractivity contribution in [1.82, 2.24) is 14.5 Å². The van der Waals surface area contributed by atoms with E-state index in [9.17, 15) is 20.1 Å². The SMILES string of the molecule is CN(C)c1nc2c(c(=O)[nH]1)n(C)c[n+]2[C@@H]1O[C@H](CO)[C@@H](O)[C@H]1O. The fraction of sp³-hybridized carbons (Fsp3) is 0.615. The molecule has 0 radical (unpaired) electrons. The summed E-state index contributed by atoms with van der Waals surface area (Å²) in [5.74, 6) is 0.356. The molecule has 0 saturated carbocycles. The Balaban J connectivity index is 2.17. The Kier molecular flexibility index (Phi) is 3.84. The quantitative estimate of drug-likeness (QED) is 0.449. The average Bonchev–Trinajstić information content (AvgIpc) is 2.98. The molecule has 3 heterocycles. The van der Waals surface area contributed by atoms with E-state index in [1.54, 1.807) is 36.9 Å². The molecule has 23 heavy (non-hydrogen) atoms. The van der Waals surface area contributed by atoms with Gasteiger partial charge in [0.15, 0.2) is 6.33 Å². The molecule has 4 N–H and O–H groups in total. The lowest BCUT2D eigenvalue weighted by atomic mass is 10.1. The average molecular weight is 326 g/mol. The minimum absolute atomic E-state index is 0.313. The number of aromatic nitrogens is 4. The van der Waals surface area contributed by atoms with Crippen LogP contribution in [0.2, 0.25) is 0 Å². The third-order valence-corrected chi connectivity index (χ3v) is 3.97. The maximum absolute atomic E-state index is 12.3. The van der Waals surface area contributed by atoms with Gasteiger partial charge in [0.05, 0.1) is 13.7 Å². The molecule has 1 fully saturated rings. The van der Waals surface area contributed by atoms with Crippen molar-refractivity contribution in [1.29, 1.82) is 0 Å². The number of ether oxygens (including phenoxy) is 1. The summed E-state index contributed by atoms with van der Waals surface area (Å²) in [6, 6.07) is 0. The monoisotopic (exact) mass is 326 g/mol. The van der Waals surface area contributed by atoms with Gasteiger partial charge in [-0.3, -0.25) is 14.3 Å². The highest BCUT2D eigenvalue weighted by Crippen LogP contribution is 2.26. The molecule has 126 valence electrons. The Labute approximate surface area is 131 Å². The number of aromatic amines is 1. The molecular formula is C13H20N5O5+. The second kappa shape index (κ2) is 5.57. The van der Waals surface area contributed by atoms with Crippen molar-refractivity contribution >= 4 is 17.1 Å². The molecule has 0 unspecified atom stereocenters. The molecule has 4 atom stereocenters. The van der Waals surface area contributed by atoms with Crippen LogP contribution in [0, 0.1) is 0 Å². The third-order valence-electron chi connectivity index (χ3n) is 3.97. The molecule has 10 nitrogen and oxygen atoms in total. The maximum atomic E-state index is 12.3. The van der Waals surface area contributed by atoms with Gasteiger partial charge in [-0.2, -0.15) is 0 Å². The highest BCUT2D eigenvalue weighted by atomic mass is 16.6. The summed E-state index contributed by atoms with van der Waals surface area (Å²) in [6.07, 6.45) is -2.75. The van der Waals surface area contributed by atoms with Crippen LogP contribution in [0.25, 0.3) is 11.2 Å². The van der Waals surface area contributed by atoms with Gasteiger partial charge in [0.1, 0.15) is 18.3 Å². The van der Waals surface area contributed by atoms with Crippen molar-refractivity contribution in [2.45, 2.75) is 24.5 Å². The summed E-state index contributed by atoms with van der Waals surface area (Å²) >= 11 is 0. The number of imidazole rings is 1. The first-order chi connectivity index (χ1) is 10.8. The summed E-state index contributed by atoms with van der Waals surface area (Å²) in [6.45, 7) is -0.420. The Hall–Kier alpha value is -2.01. The van der Waals surface area contributed by atoms with Crippen LogP contribution >= 0.6 is 0 Å². The van der Waals surface area contributed by atoms with Crippen LogP contribution < -0.4 is 15.0 Å². The normalized spacial score (nSPS) is 27.7. The predicted molar refractivity (Wildman–Crippen MR) is 78.9 cm³/mol. The first-order valence-electron chi connectivity index (χ1n) is 7.15. The van der Waals surface area contributed by atoms with Crippen LogP contribution in [0.5, 0.6) is 0 Å². The van der Waals surface area contributed by atoms with Crippen LogP contribution in [0.4, 0.5) is 5.95 Å². The summed E-state index contributed by atoms with van der Waals surface area (Å²) in [5.41, 5.74) is 0.301. The Morgan fingerprint density at radius 1 is 1.43 bits per heavy atom. The fourth-order valence-electron chi connectivity index (χ4n) is 2.75. The molecule has 0 spiro atoms. The van der Waals surface area contributed by atoms with Crippen molar-refractivity contribution in [3.8, 4) is 0 Å². The molecule has 1 aliphatic rings. The Morgan fingerprint density at radius 2 is 2.13 bits per heavy atom. The zero-order chi connectivity index (χ0) is 16.9. The number of rotatable bonds is 3. The minimum Gasteiger partial charge on any atom is -0.394 e. The summed E-state index contributed by atoms with van der Waals surface area (Å²) in [4.78, 5) is 21.0. The van der Waals surface area contributed by atoms with Gasteiger partial charge in [0, 0.05) is 14.1 Å².